The number of hydrogen-bond acceptors (Lipinski definition) is 4. The Morgan fingerprint density at radius 2 is 2.04 bits per heavy atom. The first-order valence-corrected chi connectivity index (χ1v) is 9.16. The Hall–Kier alpha value is -1.34. The van der Waals surface area contributed by atoms with Gasteiger partial charge < -0.3 is 20.4 Å². The van der Waals surface area contributed by atoms with Gasteiger partial charge >= 0.3 is 0 Å². The van der Waals surface area contributed by atoms with Crippen LogP contribution in [0.5, 0.6) is 0 Å². The van der Waals surface area contributed by atoms with Crippen molar-refractivity contribution in [3.63, 3.8) is 0 Å². The summed E-state index contributed by atoms with van der Waals surface area (Å²) in [5.74, 6) is 1.05. The third-order valence-electron chi connectivity index (χ3n) is 5.02. The minimum atomic E-state index is -0.449. The second kappa shape index (κ2) is 10.9. The van der Waals surface area contributed by atoms with Crippen LogP contribution in [0.15, 0.2) is 18.2 Å². The Morgan fingerprint density at radius 3 is 2.70 bits per heavy atom. The van der Waals surface area contributed by atoms with E-state index in [0.29, 0.717) is 6.61 Å². The highest BCUT2D eigenvalue weighted by Crippen LogP contribution is 2.31. The Bertz CT molecular complexity index is 724. The first-order chi connectivity index (χ1) is 12.2. The number of imidazole rings is 1. The molecular weight excluding hydrogens is 387 g/mol. The summed E-state index contributed by atoms with van der Waals surface area (Å²) in [6.45, 7) is 4.31. The van der Waals surface area contributed by atoms with E-state index < -0.39 is 5.41 Å². The molecular formula is C19H30Cl2N4O2. The molecule has 1 aliphatic heterocycles. The number of rotatable bonds is 7. The molecule has 6 nitrogen and oxygen atoms in total. The molecule has 2 heterocycles. The van der Waals surface area contributed by atoms with Crippen molar-refractivity contribution in [3.05, 3.63) is 24.0 Å². The molecule has 0 saturated carbocycles. The molecule has 3 rings (SSSR count). The number of piperidine rings is 1. The molecule has 152 valence electrons. The monoisotopic (exact) mass is 416 g/mol. The van der Waals surface area contributed by atoms with Crippen LogP contribution >= 0.6 is 24.8 Å². The number of ether oxygens (including phenoxy) is 1. The van der Waals surface area contributed by atoms with Crippen molar-refractivity contribution in [2.45, 2.75) is 39.0 Å². The van der Waals surface area contributed by atoms with Gasteiger partial charge in [-0.3, -0.25) is 4.79 Å². The van der Waals surface area contributed by atoms with Gasteiger partial charge in [-0.25, -0.2) is 4.98 Å². The fraction of sp³-hybridized carbons (Fsp3) is 0.579. The largest absolute Gasteiger partial charge is 0.384 e. The molecule has 8 heteroatoms. The number of aromatic nitrogens is 2. The second-order valence-corrected chi connectivity index (χ2v) is 6.94. The number of nitrogens with one attached hydrogen (secondary N) is 3. The Labute approximate surface area is 173 Å². The summed E-state index contributed by atoms with van der Waals surface area (Å²) in [6, 6.07) is 5.85. The van der Waals surface area contributed by atoms with Gasteiger partial charge in [0.25, 0.3) is 0 Å². The minimum Gasteiger partial charge on any atom is -0.384 e. The minimum absolute atomic E-state index is 0. The van der Waals surface area contributed by atoms with Gasteiger partial charge in [0.05, 0.1) is 23.1 Å². The lowest BCUT2D eigenvalue weighted by atomic mass is 9.78. The maximum absolute atomic E-state index is 12.9. The summed E-state index contributed by atoms with van der Waals surface area (Å²) in [5.41, 5.74) is 2.26. The average molecular weight is 417 g/mol. The fourth-order valence-electron chi connectivity index (χ4n) is 3.49. The highest BCUT2D eigenvalue weighted by molar-refractivity contribution is 5.97. The standard InChI is InChI=1S/C19H28N4O2.2ClH/c1-3-4-5-17-22-15-7-6-14(12-16(15)23-17)21-18(24)19(13-25-2)8-10-20-11-9-19;;/h6-7,12,20H,3-5,8-11,13H2,1-2H3,(H,21,24)(H,22,23);2*1H. The molecule has 0 atom stereocenters. The van der Waals surface area contributed by atoms with E-state index in [-0.39, 0.29) is 30.7 Å². The van der Waals surface area contributed by atoms with Crippen LogP contribution in [-0.2, 0) is 16.0 Å². The molecule has 1 amide bonds. The van der Waals surface area contributed by atoms with E-state index >= 15 is 0 Å². The van der Waals surface area contributed by atoms with E-state index in [4.69, 9.17) is 4.74 Å². The molecule has 1 aliphatic rings. The quantitative estimate of drug-likeness (QED) is 0.642. The van der Waals surface area contributed by atoms with E-state index in [1.54, 1.807) is 7.11 Å². The number of carbonyl (C=O) groups is 1. The van der Waals surface area contributed by atoms with Crippen LogP contribution in [0, 0.1) is 5.41 Å². The number of carbonyl (C=O) groups excluding carboxylic acids is 1. The van der Waals surface area contributed by atoms with Crippen molar-refractivity contribution >= 4 is 47.4 Å². The molecule has 0 radical (unpaired) electrons. The summed E-state index contributed by atoms with van der Waals surface area (Å²) in [4.78, 5) is 20.9. The number of methoxy groups -OCH3 is 1. The van der Waals surface area contributed by atoms with Gasteiger partial charge in [-0.2, -0.15) is 0 Å². The van der Waals surface area contributed by atoms with Crippen molar-refractivity contribution in [1.29, 1.82) is 0 Å². The summed E-state index contributed by atoms with van der Waals surface area (Å²) < 4.78 is 5.35. The van der Waals surface area contributed by atoms with Crippen LogP contribution in [0.1, 0.15) is 38.4 Å². The van der Waals surface area contributed by atoms with Gasteiger partial charge in [0.15, 0.2) is 0 Å². The third kappa shape index (κ3) is 5.57. The van der Waals surface area contributed by atoms with Gasteiger partial charge in [-0.05, 0) is 50.6 Å². The molecule has 27 heavy (non-hydrogen) atoms. The van der Waals surface area contributed by atoms with Crippen molar-refractivity contribution in [2.75, 3.05) is 32.1 Å². The summed E-state index contributed by atoms with van der Waals surface area (Å²) >= 11 is 0. The first-order valence-electron chi connectivity index (χ1n) is 9.16. The first kappa shape index (κ1) is 23.7. The number of hydrogen-bond donors (Lipinski definition) is 3. The summed E-state index contributed by atoms with van der Waals surface area (Å²) in [5, 5.41) is 6.40. The smallest absolute Gasteiger partial charge is 0.233 e. The normalized spacial score (nSPS) is 15.6. The van der Waals surface area contributed by atoms with Crippen LogP contribution in [0.2, 0.25) is 0 Å². The number of nitrogens with zero attached hydrogens (tertiary/aromatic N) is 1. The lowest BCUT2D eigenvalue weighted by Gasteiger charge is -2.35. The van der Waals surface area contributed by atoms with Crippen LogP contribution in [0.3, 0.4) is 0 Å². The number of amides is 1. The number of halogens is 2. The van der Waals surface area contributed by atoms with Crippen LogP contribution in [0.4, 0.5) is 5.69 Å². The zero-order valence-corrected chi connectivity index (χ0v) is 17.6. The number of H-pyrrole nitrogens is 1. The van der Waals surface area contributed by atoms with E-state index in [9.17, 15) is 4.79 Å². The lowest BCUT2D eigenvalue weighted by Crippen LogP contribution is -2.47. The Morgan fingerprint density at radius 1 is 1.30 bits per heavy atom. The zero-order valence-electron chi connectivity index (χ0n) is 16.0. The van der Waals surface area contributed by atoms with Crippen molar-refractivity contribution in [1.82, 2.24) is 15.3 Å². The van der Waals surface area contributed by atoms with Gasteiger partial charge in [0.2, 0.25) is 5.91 Å². The molecule has 1 aromatic heterocycles. The highest BCUT2D eigenvalue weighted by atomic mass is 35.5. The van der Waals surface area contributed by atoms with E-state index in [1.165, 1.54) is 0 Å². The van der Waals surface area contributed by atoms with Gasteiger partial charge in [0.1, 0.15) is 5.82 Å². The molecule has 0 unspecified atom stereocenters. The molecule has 2 aromatic rings. The van der Waals surface area contributed by atoms with Gasteiger partial charge in [-0.15, -0.1) is 24.8 Å². The third-order valence-corrected chi connectivity index (χ3v) is 5.02. The SMILES string of the molecule is CCCCc1nc2ccc(NC(=O)C3(COC)CCNCC3)cc2[nH]1.Cl.Cl. The predicted octanol–water partition coefficient (Wildman–Crippen LogP) is 3.70. The van der Waals surface area contributed by atoms with Crippen LogP contribution < -0.4 is 10.6 Å². The molecule has 1 aromatic carbocycles. The number of aryl methyl sites for hydroxylation is 1. The molecule has 3 N–H and O–H groups in total. The molecule has 1 fully saturated rings. The second-order valence-electron chi connectivity index (χ2n) is 6.94. The van der Waals surface area contributed by atoms with E-state index in [2.05, 4.69) is 27.5 Å². The maximum atomic E-state index is 12.9. The summed E-state index contributed by atoms with van der Waals surface area (Å²) in [7, 11) is 1.66. The fourth-order valence-corrected chi connectivity index (χ4v) is 3.49. The lowest BCUT2D eigenvalue weighted by molar-refractivity contribution is -0.130. The molecule has 0 bridgehead atoms. The number of benzene rings is 1. The van der Waals surface area contributed by atoms with Crippen molar-refractivity contribution < 1.29 is 9.53 Å². The summed E-state index contributed by atoms with van der Waals surface area (Å²) in [6.07, 6.45) is 4.81. The number of unbranched alkanes of at least 4 members (excludes halogenated alkanes) is 1. The van der Waals surface area contributed by atoms with Crippen molar-refractivity contribution in [3.8, 4) is 0 Å². The molecule has 0 aliphatic carbocycles. The van der Waals surface area contributed by atoms with Gasteiger partial charge in [-0.1, -0.05) is 13.3 Å². The topological polar surface area (TPSA) is 79.0 Å². The molecule has 0 spiro atoms. The average Bonchev–Trinajstić information content (AvgIpc) is 3.03. The maximum Gasteiger partial charge on any atom is 0.233 e. The van der Waals surface area contributed by atoms with Crippen molar-refractivity contribution in [2.24, 2.45) is 5.41 Å². The number of anilines is 1. The zero-order chi connectivity index (χ0) is 17.7. The highest BCUT2D eigenvalue weighted by Gasteiger charge is 2.39. The molecule has 1 saturated heterocycles. The Balaban J connectivity index is 0.00000182. The number of fused-ring (bicyclic) bond motifs is 1. The van der Waals surface area contributed by atoms with Crippen LogP contribution in [-0.4, -0.2) is 42.7 Å². The van der Waals surface area contributed by atoms with Gasteiger partial charge in [0, 0.05) is 19.2 Å². The number of aromatic amines is 1. The predicted molar refractivity (Wildman–Crippen MR) is 114 cm³/mol. The van der Waals surface area contributed by atoms with E-state index in [1.807, 2.05) is 18.2 Å². The Kier molecular flexibility index (Phi) is 9.53. The van der Waals surface area contributed by atoms with E-state index in [0.717, 1.165) is 67.7 Å². The van der Waals surface area contributed by atoms with Crippen LogP contribution in [0.25, 0.3) is 11.0 Å².